The molecule has 2 rings (SSSR count). The van der Waals surface area contributed by atoms with Crippen molar-refractivity contribution in [2.45, 2.75) is 38.8 Å². The molecule has 0 spiro atoms. The second kappa shape index (κ2) is 7.73. The highest BCUT2D eigenvalue weighted by Crippen LogP contribution is 2.27. The summed E-state index contributed by atoms with van der Waals surface area (Å²) in [5.41, 5.74) is 0.332. The van der Waals surface area contributed by atoms with Gasteiger partial charge < -0.3 is 15.2 Å². The molecule has 0 saturated heterocycles. The van der Waals surface area contributed by atoms with Gasteiger partial charge in [-0.25, -0.2) is 8.42 Å². The summed E-state index contributed by atoms with van der Waals surface area (Å²) in [6.07, 6.45) is 0.663. The molecule has 0 heterocycles. The van der Waals surface area contributed by atoms with E-state index in [1.807, 2.05) is 13.8 Å². The van der Waals surface area contributed by atoms with Gasteiger partial charge in [-0.1, -0.05) is 0 Å². The Labute approximate surface area is 146 Å². The van der Waals surface area contributed by atoms with E-state index in [4.69, 9.17) is 9.84 Å². The SMILES string of the molecule is CC(C)Oc1ccc(NS(=O)(=O)CC(=O)NC2CC(C(=O)O)C2)cc1. The molecule has 1 amide bonds. The molecule has 138 valence electrons. The van der Waals surface area contributed by atoms with Crippen LogP contribution < -0.4 is 14.8 Å². The Morgan fingerprint density at radius 1 is 1.24 bits per heavy atom. The predicted octanol–water partition coefficient (Wildman–Crippen LogP) is 1.19. The Balaban J connectivity index is 1.83. The van der Waals surface area contributed by atoms with Gasteiger partial charge in [-0.05, 0) is 51.0 Å². The average Bonchev–Trinajstić information content (AvgIpc) is 2.42. The number of amides is 1. The number of rotatable bonds is 8. The maximum absolute atomic E-state index is 12.0. The summed E-state index contributed by atoms with van der Waals surface area (Å²) >= 11 is 0. The molecule has 25 heavy (non-hydrogen) atoms. The number of nitrogens with one attached hydrogen (secondary N) is 2. The summed E-state index contributed by atoms with van der Waals surface area (Å²) in [7, 11) is -3.85. The maximum atomic E-state index is 12.0. The van der Waals surface area contributed by atoms with Crippen molar-refractivity contribution >= 4 is 27.6 Å². The van der Waals surface area contributed by atoms with Crippen molar-refractivity contribution in [1.29, 1.82) is 0 Å². The molecule has 1 aromatic carbocycles. The fraction of sp³-hybridized carbons (Fsp3) is 0.500. The lowest BCUT2D eigenvalue weighted by atomic mass is 9.80. The highest BCUT2D eigenvalue weighted by molar-refractivity contribution is 7.93. The lowest BCUT2D eigenvalue weighted by Gasteiger charge is -2.32. The zero-order valence-electron chi connectivity index (χ0n) is 14.1. The van der Waals surface area contributed by atoms with Crippen LogP contribution in [0.25, 0.3) is 0 Å². The molecule has 0 aromatic heterocycles. The van der Waals surface area contributed by atoms with Gasteiger partial charge in [-0.15, -0.1) is 0 Å². The van der Waals surface area contributed by atoms with Crippen molar-refractivity contribution in [1.82, 2.24) is 5.32 Å². The number of carbonyl (C=O) groups excluding carboxylic acids is 1. The second-order valence-electron chi connectivity index (χ2n) is 6.32. The van der Waals surface area contributed by atoms with Crippen LogP contribution in [-0.4, -0.2) is 43.3 Å². The summed E-state index contributed by atoms with van der Waals surface area (Å²) in [5, 5.41) is 11.3. The molecular weight excluding hydrogens is 348 g/mol. The van der Waals surface area contributed by atoms with Gasteiger partial charge in [0.05, 0.1) is 12.0 Å². The third kappa shape index (κ3) is 5.93. The summed E-state index contributed by atoms with van der Waals surface area (Å²) < 4.78 is 31.9. The first kappa shape index (κ1) is 19.0. The van der Waals surface area contributed by atoms with Gasteiger partial charge >= 0.3 is 5.97 Å². The number of anilines is 1. The van der Waals surface area contributed by atoms with Gasteiger partial charge in [-0.3, -0.25) is 14.3 Å². The largest absolute Gasteiger partial charge is 0.491 e. The molecule has 0 unspecified atom stereocenters. The van der Waals surface area contributed by atoms with Gasteiger partial charge in [0.1, 0.15) is 11.5 Å². The standard InChI is InChI=1S/C16H22N2O6S/c1-10(2)24-14-5-3-12(4-6-14)18-25(22,23)9-15(19)17-13-7-11(8-13)16(20)21/h3-6,10-11,13,18H,7-9H2,1-2H3,(H,17,19)(H,20,21). The highest BCUT2D eigenvalue weighted by atomic mass is 32.2. The van der Waals surface area contributed by atoms with Crippen LogP contribution in [0.2, 0.25) is 0 Å². The third-order valence-corrected chi connectivity index (χ3v) is 4.86. The van der Waals surface area contributed by atoms with Gasteiger partial charge in [0.2, 0.25) is 15.9 Å². The highest BCUT2D eigenvalue weighted by Gasteiger charge is 2.35. The van der Waals surface area contributed by atoms with Gasteiger partial charge in [0, 0.05) is 11.7 Å². The molecule has 8 nitrogen and oxygen atoms in total. The second-order valence-corrected chi connectivity index (χ2v) is 8.05. The molecule has 0 bridgehead atoms. The zero-order valence-corrected chi connectivity index (χ0v) is 14.9. The van der Waals surface area contributed by atoms with E-state index < -0.39 is 33.6 Å². The zero-order chi connectivity index (χ0) is 18.6. The van der Waals surface area contributed by atoms with Gasteiger partial charge in [-0.2, -0.15) is 0 Å². The normalized spacial score (nSPS) is 19.8. The lowest BCUT2D eigenvalue weighted by molar-refractivity contribution is -0.146. The van der Waals surface area contributed by atoms with Gasteiger partial charge in [0.15, 0.2) is 0 Å². The van der Waals surface area contributed by atoms with Crippen LogP contribution in [0.5, 0.6) is 5.75 Å². The molecule has 1 aliphatic carbocycles. The first-order valence-corrected chi connectivity index (χ1v) is 9.59. The minimum atomic E-state index is -3.85. The number of carboxylic acids is 1. The molecule has 1 aromatic rings. The van der Waals surface area contributed by atoms with E-state index in [0.29, 0.717) is 24.3 Å². The first-order chi connectivity index (χ1) is 11.6. The Kier molecular flexibility index (Phi) is 5.89. The molecule has 0 atom stereocenters. The van der Waals surface area contributed by atoms with E-state index in [2.05, 4.69) is 10.0 Å². The van der Waals surface area contributed by atoms with Crippen molar-refractivity contribution in [3.63, 3.8) is 0 Å². The molecule has 9 heteroatoms. The van der Waals surface area contributed by atoms with Gasteiger partial charge in [0.25, 0.3) is 0 Å². The van der Waals surface area contributed by atoms with Crippen LogP contribution in [0, 0.1) is 5.92 Å². The molecule has 1 aliphatic rings. The smallest absolute Gasteiger partial charge is 0.306 e. The van der Waals surface area contributed by atoms with E-state index in [0.717, 1.165) is 0 Å². The van der Waals surface area contributed by atoms with E-state index in [-0.39, 0.29) is 12.1 Å². The molecule has 0 radical (unpaired) electrons. The van der Waals surface area contributed by atoms with Crippen molar-refractivity contribution in [2.24, 2.45) is 5.92 Å². The number of ether oxygens (including phenoxy) is 1. The number of carbonyl (C=O) groups is 2. The Morgan fingerprint density at radius 2 is 1.84 bits per heavy atom. The van der Waals surface area contributed by atoms with Crippen LogP contribution in [0.15, 0.2) is 24.3 Å². The summed E-state index contributed by atoms with van der Waals surface area (Å²) in [4.78, 5) is 22.5. The topological polar surface area (TPSA) is 122 Å². The quantitative estimate of drug-likeness (QED) is 0.632. The molecule has 1 fully saturated rings. The molecule has 0 aliphatic heterocycles. The maximum Gasteiger partial charge on any atom is 0.306 e. The summed E-state index contributed by atoms with van der Waals surface area (Å²) in [6.45, 7) is 3.77. The third-order valence-electron chi connectivity index (χ3n) is 3.67. The predicted molar refractivity (Wildman–Crippen MR) is 91.9 cm³/mol. The number of sulfonamides is 1. The molecule has 3 N–H and O–H groups in total. The molecule has 1 saturated carbocycles. The molecular formula is C16H22N2O6S. The van der Waals surface area contributed by atoms with E-state index in [1.54, 1.807) is 24.3 Å². The number of carboxylic acid groups (broad SMARTS) is 1. The number of benzene rings is 1. The number of hydrogen-bond acceptors (Lipinski definition) is 5. The Morgan fingerprint density at radius 3 is 2.36 bits per heavy atom. The Hall–Kier alpha value is -2.29. The Bertz CT molecular complexity index is 723. The van der Waals surface area contributed by atoms with Crippen LogP contribution in [0.1, 0.15) is 26.7 Å². The van der Waals surface area contributed by atoms with Crippen LogP contribution in [-0.2, 0) is 19.6 Å². The summed E-state index contributed by atoms with van der Waals surface area (Å²) in [6, 6.07) is 6.10. The summed E-state index contributed by atoms with van der Waals surface area (Å²) in [5.74, 6) is -2.11. The van der Waals surface area contributed by atoms with E-state index in [1.165, 1.54) is 0 Å². The van der Waals surface area contributed by atoms with Crippen molar-refractivity contribution in [2.75, 3.05) is 10.5 Å². The monoisotopic (exact) mass is 370 g/mol. The average molecular weight is 370 g/mol. The van der Waals surface area contributed by atoms with Crippen molar-refractivity contribution in [3.05, 3.63) is 24.3 Å². The number of hydrogen-bond donors (Lipinski definition) is 3. The fourth-order valence-corrected chi connectivity index (χ4v) is 3.46. The minimum Gasteiger partial charge on any atom is -0.491 e. The van der Waals surface area contributed by atoms with Crippen molar-refractivity contribution < 1.29 is 27.9 Å². The lowest BCUT2D eigenvalue weighted by Crippen LogP contribution is -2.48. The van der Waals surface area contributed by atoms with E-state index >= 15 is 0 Å². The van der Waals surface area contributed by atoms with Crippen LogP contribution in [0.4, 0.5) is 5.69 Å². The van der Waals surface area contributed by atoms with Crippen LogP contribution >= 0.6 is 0 Å². The minimum absolute atomic E-state index is 0.0125. The fourth-order valence-electron chi connectivity index (χ4n) is 2.47. The van der Waals surface area contributed by atoms with Crippen molar-refractivity contribution in [3.8, 4) is 5.75 Å². The number of aliphatic carboxylic acids is 1. The first-order valence-electron chi connectivity index (χ1n) is 7.94. The van der Waals surface area contributed by atoms with E-state index in [9.17, 15) is 18.0 Å². The van der Waals surface area contributed by atoms with Crippen LogP contribution in [0.3, 0.4) is 0 Å².